The number of nitrogens with one attached hydrogen (secondary N) is 2. The van der Waals surface area contributed by atoms with E-state index in [1.807, 2.05) is 13.8 Å². The number of benzene rings is 2. The second kappa shape index (κ2) is 7.87. The SMILES string of the molecule is CC(C)C(NC(=O)c1ccc(Cl)cc1)C(=O)Nc1ccc2oc(C3CC3)nc2c1. The highest BCUT2D eigenvalue weighted by atomic mass is 35.5. The summed E-state index contributed by atoms with van der Waals surface area (Å²) >= 11 is 5.87. The molecule has 1 fully saturated rings. The van der Waals surface area contributed by atoms with Crippen LogP contribution in [0.5, 0.6) is 0 Å². The fraction of sp³-hybridized carbons (Fsp3) is 0.318. The van der Waals surface area contributed by atoms with E-state index in [0.29, 0.717) is 27.8 Å². The summed E-state index contributed by atoms with van der Waals surface area (Å²) in [7, 11) is 0. The molecule has 29 heavy (non-hydrogen) atoms. The van der Waals surface area contributed by atoms with Crippen LogP contribution in [0.4, 0.5) is 5.69 Å². The molecule has 1 saturated carbocycles. The minimum Gasteiger partial charge on any atom is -0.440 e. The van der Waals surface area contributed by atoms with E-state index in [0.717, 1.165) is 24.2 Å². The van der Waals surface area contributed by atoms with Gasteiger partial charge in [0, 0.05) is 22.2 Å². The minimum atomic E-state index is -0.687. The van der Waals surface area contributed by atoms with Crippen molar-refractivity contribution in [2.24, 2.45) is 5.92 Å². The van der Waals surface area contributed by atoms with Crippen LogP contribution in [0, 0.1) is 5.92 Å². The van der Waals surface area contributed by atoms with Crippen LogP contribution in [0.15, 0.2) is 46.9 Å². The minimum absolute atomic E-state index is 0.0940. The molecule has 0 bridgehead atoms. The molecule has 6 nitrogen and oxygen atoms in total. The molecule has 1 aromatic heterocycles. The largest absolute Gasteiger partial charge is 0.440 e. The van der Waals surface area contributed by atoms with Crippen molar-refractivity contribution in [3.8, 4) is 0 Å². The quantitative estimate of drug-likeness (QED) is 0.612. The van der Waals surface area contributed by atoms with Crippen LogP contribution >= 0.6 is 11.6 Å². The molecule has 2 N–H and O–H groups in total. The first-order valence-electron chi connectivity index (χ1n) is 9.68. The van der Waals surface area contributed by atoms with Gasteiger partial charge in [0.25, 0.3) is 5.91 Å². The maximum absolute atomic E-state index is 12.8. The van der Waals surface area contributed by atoms with E-state index in [9.17, 15) is 9.59 Å². The molecule has 1 unspecified atom stereocenters. The Morgan fingerprint density at radius 2 is 1.86 bits per heavy atom. The first-order chi connectivity index (χ1) is 13.9. The molecule has 0 saturated heterocycles. The van der Waals surface area contributed by atoms with E-state index in [-0.39, 0.29) is 17.7 Å². The van der Waals surface area contributed by atoms with Crippen molar-refractivity contribution in [2.45, 2.75) is 38.6 Å². The molecular weight excluding hydrogens is 390 g/mol. The molecule has 2 aromatic carbocycles. The van der Waals surface area contributed by atoms with E-state index in [1.54, 1.807) is 42.5 Å². The molecule has 1 aliphatic rings. The lowest BCUT2D eigenvalue weighted by molar-refractivity contribution is -0.118. The Balaban J connectivity index is 1.47. The van der Waals surface area contributed by atoms with Crippen LogP contribution in [0.1, 0.15) is 48.9 Å². The molecule has 3 aromatic rings. The van der Waals surface area contributed by atoms with E-state index in [2.05, 4.69) is 15.6 Å². The van der Waals surface area contributed by atoms with Gasteiger partial charge in [-0.3, -0.25) is 9.59 Å². The molecule has 1 atom stereocenters. The third kappa shape index (κ3) is 4.43. The first-order valence-corrected chi connectivity index (χ1v) is 10.1. The summed E-state index contributed by atoms with van der Waals surface area (Å²) in [4.78, 5) is 29.9. The Morgan fingerprint density at radius 3 is 2.52 bits per heavy atom. The van der Waals surface area contributed by atoms with Gasteiger partial charge < -0.3 is 15.1 Å². The van der Waals surface area contributed by atoms with Gasteiger partial charge in [-0.2, -0.15) is 0 Å². The number of carbonyl (C=O) groups excluding carboxylic acids is 2. The average molecular weight is 412 g/mol. The summed E-state index contributed by atoms with van der Waals surface area (Å²) in [5, 5.41) is 6.24. The van der Waals surface area contributed by atoms with Crippen molar-refractivity contribution >= 4 is 40.2 Å². The normalized spacial score (nSPS) is 14.8. The summed E-state index contributed by atoms with van der Waals surface area (Å²) in [6, 6.07) is 11.2. The van der Waals surface area contributed by atoms with Crippen molar-refractivity contribution < 1.29 is 14.0 Å². The number of halogens is 1. The topological polar surface area (TPSA) is 84.2 Å². The highest BCUT2D eigenvalue weighted by Crippen LogP contribution is 2.40. The van der Waals surface area contributed by atoms with Gasteiger partial charge in [-0.05, 0) is 61.2 Å². The third-order valence-electron chi connectivity index (χ3n) is 4.94. The molecular formula is C22H22ClN3O3. The Morgan fingerprint density at radius 1 is 1.14 bits per heavy atom. The molecule has 0 radical (unpaired) electrons. The van der Waals surface area contributed by atoms with Crippen molar-refractivity contribution in [1.82, 2.24) is 10.3 Å². The maximum atomic E-state index is 12.8. The molecule has 1 aliphatic carbocycles. The molecule has 2 amide bonds. The van der Waals surface area contributed by atoms with Crippen LogP contribution in [-0.2, 0) is 4.79 Å². The summed E-state index contributed by atoms with van der Waals surface area (Å²) < 4.78 is 5.76. The predicted octanol–water partition coefficient (Wildman–Crippen LogP) is 4.75. The first kappa shape index (κ1) is 19.5. The van der Waals surface area contributed by atoms with Crippen LogP contribution in [0.25, 0.3) is 11.1 Å². The van der Waals surface area contributed by atoms with Crippen LogP contribution in [0.3, 0.4) is 0 Å². The zero-order valence-electron chi connectivity index (χ0n) is 16.2. The van der Waals surface area contributed by atoms with Gasteiger partial charge in [0.05, 0.1) is 0 Å². The lowest BCUT2D eigenvalue weighted by Crippen LogP contribution is -2.47. The monoisotopic (exact) mass is 411 g/mol. The van der Waals surface area contributed by atoms with Gasteiger partial charge in [-0.25, -0.2) is 4.98 Å². The summed E-state index contributed by atoms with van der Waals surface area (Å²) in [6.45, 7) is 3.77. The van der Waals surface area contributed by atoms with E-state index < -0.39 is 6.04 Å². The number of fused-ring (bicyclic) bond motifs is 1. The van der Waals surface area contributed by atoms with Crippen LogP contribution in [0.2, 0.25) is 5.02 Å². The van der Waals surface area contributed by atoms with Gasteiger partial charge in [-0.15, -0.1) is 0 Å². The number of hydrogen-bond donors (Lipinski definition) is 2. The molecule has 4 rings (SSSR count). The highest BCUT2D eigenvalue weighted by Gasteiger charge is 2.29. The zero-order chi connectivity index (χ0) is 20.5. The zero-order valence-corrected chi connectivity index (χ0v) is 17.0. The highest BCUT2D eigenvalue weighted by molar-refractivity contribution is 6.30. The predicted molar refractivity (Wildman–Crippen MR) is 112 cm³/mol. The lowest BCUT2D eigenvalue weighted by Gasteiger charge is -2.21. The summed E-state index contributed by atoms with van der Waals surface area (Å²) in [6.07, 6.45) is 2.22. The number of anilines is 1. The van der Waals surface area contributed by atoms with Crippen molar-refractivity contribution in [3.63, 3.8) is 0 Å². The fourth-order valence-corrected chi connectivity index (χ4v) is 3.23. The van der Waals surface area contributed by atoms with E-state index in [1.165, 1.54) is 0 Å². The summed E-state index contributed by atoms with van der Waals surface area (Å²) in [5.74, 6) is 0.486. The van der Waals surface area contributed by atoms with Crippen LogP contribution in [-0.4, -0.2) is 22.8 Å². The third-order valence-corrected chi connectivity index (χ3v) is 5.19. The lowest BCUT2D eigenvalue weighted by atomic mass is 10.0. The van der Waals surface area contributed by atoms with Gasteiger partial charge in [0.2, 0.25) is 5.91 Å². The number of nitrogens with zero attached hydrogens (tertiary/aromatic N) is 1. The van der Waals surface area contributed by atoms with Gasteiger partial charge in [0.1, 0.15) is 11.6 Å². The average Bonchev–Trinajstić information content (AvgIpc) is 3.45. The van der Waals surface area contributed by atoms with Gasteiger partial charge in [0.15, 0.2) is 11.5 Å². The Labute approximate surface area is 173 Å². The number of aromatic nitrogens is 1. The number of amides is 2. The van der Waals surface area contributed by atoms with Crippen molar-refractivity contribution in [2.75, 3.05) is 5.32 Å². The molecule has 150 valence electrons. The van der Waals surface area contributed by atoms with Crippen molar-refractivity contribution in [1.29, 1.82) is 0 Å². The van der Waals surface area contributed by atoms with E-state index >= 15 is 0 Å². The number of oxazole rings is 1. The number of rotatable bonds is 6. The Hall–Kier alpha value is -2.86. The second-order valence-electron chi connectivity index (χ2n) is 7.70. The second-order valence-corrected chi connectivity index (χ2v) is 8.14. The Kier molecular flexibility index (Phi) is 5.28. The standard InChI is InChI=1S/C22H22ClN3O3/c1-12(2)19(26-20(27)13-5-7-15(23)8-6-13)21(28)24-16-9-10-18-17(11-16)25-22(29-18)14-3-4-14/h5-12,14,19H,3-4H2,1-2H3,(H,24,28)(H,26,27). The molecule has 1 heterocycles. The van der Waals surface area contributed by atoms with E-state index in [4.69, 9.17) is 16.0 Å². The molecule has 0 aliphatic heterocycles. The number of carbonyl (C=O) groups is 2. The smallest absolute Gasteiger partial charge is 0.251 e. The van der Waals surface area contributed by atoms with Crippen LogP contribution < -0.4 is 10.6 Å². The molecule has 7 heteroatoms. The van der Waals surface area contributed by atoms with Crippen molar-refractivity contribution in [3.05, 3.63) is 58.9 Å². The Bertz CT molecular complexity index is 1050. The number of hydrogen-bond acceptors (Lipinski definition) is 4. The molecule has 0 spiro atoms. The van der Waals surface area contributed by atoms with Gasteiger partial charge >= 0.3 is 0 Å². The fourth-order valence-electron chi connectivity index (χ4n) is 3.11. The summed E-state index contributed by atoms with van der Waals surface area (Å²) in [5.41, 5.74) is 2.49. The van der Waals surface area contributed by atoms with Gasteiger partial charge in [-0.1, -0.05) is 25.4 Å². The maximum Gasteiger partial charge on any atom is 0.251 e.